The molecule has 3 amide bonds. The summed E-state index contributed by atoms with van der Waals surface area (Å²) in [6.07, 6.45) is 5.36. The minimum atomic E-state index is -0.147. The van der Waals surface area contributed by atoms with Crippen LogP contribution in [0.4, 0.5) is 10.5 Å². The number of rotatable bonds is 3. The quantitative estimate of drug-likeness (QED) is 0.832. The highest BCUT2D eigenvalue weighted by Gasteiger charge is 2.30. The molecule has 1 aromatic carbocycles. The number of hydrogen-bond donors (Lipinski definition) is 2. The van der Waals surface area contributed by atoms with Gasteiger partial charge in [-0.2, -0.15) is 0 Å². The van der Waals surface area contributed by atoms with Crippen molar-refractivity contribution in [1.82, 2.24) is 15.1 Å². The number of urea groups is 1. The monoisotopic (exact) mass is 328 g/mol. The fourth-order valence-electron chi connectivity index (χ4n) is 3.36. The third-order valence-corrected chi connectivity index (χ3v) is 4.86. The normalized spacial score (nSPS) is 20.4. The number of amides is 3. The minimum absolute atomic E-state index is 0.0955. The van der Waals surface area contributed by atoms with E-state index >= 15 is 0 Å². The van der Waals surface area contributed by atoms with Gasteiger partial charge in [0.25, 0.3) is 5.91 Å². The van der Waals surface area contributed by atoms with Crippen LogP contribution in [0.5, 0.6) is 0 Å². The van der Waals surface area contributed by atoms with Gasteiger partial charge in [0.15, 0.2) is 0 Å². The fraction of sp³-hybridized carbons (Fsp3) is 0.444. The zero-order valence-electron chi connectivity index (χ0n) is 14.2. The van der Waals surface area contributed by atoms with Gasteiger partial charge in [0.2, 0.25) is 0 Å². The molecule has 0 bridgehead atoms. The lowest BCUT2D eigenvalue weighted by Gasteiger charge is -2.24. The molecule has 6 heteroatoms. The van der Waals surface area contributed by atoms with Gasteiger partial charge < -0.3 is 15.5 Å². The molecule has 1 aromatic rings. The van der Waals surface area contributed by atoms with Crippen LogP contribution in [0.2, 0.25) is 0 Å². The van der Waals surface area contributed by atoms with Crippen LogP contribution < -0.4 is 10.6 Å². The van der Waals surface area contributed by atoms with Crippen molar-refractivity contribution in [3.63, 3.8) is 0 Å². The van der Waals surface area contributed by atoms with E-state index in [1.165, 1.54) is 0 Å². The summed E-state index contributed by atoms with van der Waals surface area (Å²) in [7, 11) is 1.60. The van der Waals surface area contributed by atoms with Crippen molar-refractivity contribution >= 4 is 17.6 Å². The molecular weight excluding hydrogens is 304 g/mol. The van der Waals surface area contributed by atoms with E-state index in [9.17, 15) is 9.59 Å². The first kappa shape index (κ1) is 16.5. The lowest BCUT2D eigenvalue weighted by Crippen LogP contribution is -2.39. The molecule has 24 heavy (non-hydrogen) atoms. The van der Waals surface area contributed by atoms with Crippen LogP contribution in [-0.4, -0.2) is 61.0 Å². The number of nitrogens with one attached hydrogen (secondary N) is 2. The summed E-state index contributed by atoms with van der Waals surface area (Å²) in [6.45, 7) is 5.33. The summed E-state index contributed by atoms with van der Waals surface area (Å²) in [6, 6.07) is 5.72. The van der Waals surface area contributed by atoms with E-state index in [4.69, 9.17) is 0 Å². The molecule has 0 radical (unpaired) electrons. The Morgan fingerprint density at radius 3 is 2.67 bits per heavy atom. The number of likely N-dealkylation sites (tertiary alicyclic amines) is 1. The number of anilines is 1. The molecule has 2 N–H and O–H groups in total. The second-order valence-corrected chi connectivity index (χ2v) is 6.30. The van der Waals surface area contributed by atoms with Crippen molar-refractivity contribution in [3.05, 3.63) is 41.5 Å². The van der Waals surface area contributed by atoms with Gasteiger partial charge in [-0.1, -0.05) is 18.2 Å². The highest BCUT2D eigenvalue weighted by atomic mass is 16.2. The number of nitrogens with zero attached hydrogens (tertiary/aromatic N) is 2. The van der Waals surface area contributed by atoms with E-state index in [2.05, 4.69) is 27.7 Å². The molecule has 2 heterocycles. The van der Waals surface area contributed by atoms with Crippen LogP contribution in [0.1, 0.15) is 22.3 Å². The second kappa shape index (κ2) is 7.05. The molecule has 0 aromatic heterocycles. The van der Waals surface area contributed by atoms with E-state index in [-0.39, 0.29) is 11.9 Å². The Kier molecular flexibility index (Phi) is 4.85. The first-order valence-electron chi connectivity index (χ1n) is 8.37. The molecule has 3 rings (SSSR count). The average Bonchev–Trinajstić information content (AvgIpc) is 3.27. The Hall–Kier alpha value is -2.34. The van der Waals surface area contributed by atoms with E-state index in [0.29, 0.717) is 17.3 Å². The SMILES string of the molecule is CNC(=O)c1cccc(NC(=O)N2CCC(N3CC=CC3)C2)c1C. The van der Waals surface area contributed by atoms with Crippen LogP contribution in [0.25, 0.3) is 0 Å². The van der Waals surface area contributed by atoms with Gasteiger partial charge in [-0.05, 0) is 31.0 Å². The Balaban J connectivity index is 1.64. The van der Waals surface area contributed by atoms with Crippen molar-refractivity contribution in [3.8, 4) is 0 Å². The van der Waals surface area contributed by atoms with Crippen LogP contribution in [0.15, 0.2) is 30.4 Å². The van der Waals surface area contributed by atoms with Gasteiger partial charge in [0, 0.05) is 50.5 Å². The molecule has 0 spiro atoms. The summed E-state index contributed by atoms with van der Waals surface area (Å²) in [5, 5.41) is 5.58. The van der Waals surface area contributed by atoms with Gasteiger partial charge in [-0.3, -0.25) is 9.69 Å². The zero-order chi connectivity index (χ0) is 17.1. The van der Waals surface area contributed by atoms with Gasteiger partial charge in [-0.15, -0.1) is 0 Å². The lowest BCUT2D eigenvalue weighted by molar-refractivity contribution is 0.0962. The van der Waals surface area contributed by atoms with Gasteiger partial charge in [0.1, 0.15) is 0 Å². The molecule has 2 aliphatic rings. The maximum Gasteiger partial charge on any atom is 0.321 e. The first-order valence-corrected chi connectivity index (χ1v) is 8.37. The fourth-order valence-corrected chi connectivity index (χ4v) is 3.36. The molecular formula is C18H24N4O2. The lowest BCUT2D eigenvalue weighted by atomic mass is 10.1. The Morgan fingerprint density at radius 1 is 1.21 bits per heavy atom. The summed E-state index contributed by atoms with van der Waals surface area (Å²) in [5.74, 6) is -0.147. The van der Waals surface area contributed by atoms with Crippen LogP contribution >= 0.6 is 0 Å². The van der Waals surface area contributed by atoms with E-state index in [1.807, 2.05) is 17.9 Å². The van der Waals surface area contributed by atoms with Gasteiger partial charge in [-0.25, -0.2) is 4.79 Å². The first-order chi connectivity index (χ1) is 11.6. The van der Waals surface area contributed by atoms with Crippen LogP contribution in [-0.2, 0) is 0 Å². The number of carbonyl (C=O) groups excluding carboxylic acids is 2. The third kappa shape index (κ3) is 3.28. The van der Waals surface area contributed by atoms with Crippen molar-refractivity contribution in [2.45, 2.75) is 19.4 Å². The molecule has 0 aliphatic carbocycles. The van der Waals surface area contributed by atoms with Crippen LogP contribution in [0, 0.1) is 6.92 Å². The van der Waals surface area contributed by atoms with Crippen molar-refractivity contribution < 1.29 is 9.59 Å². The Labute approximate surface area is 142 Å². The largest absolute Gasteiger partial charge is 0.355 e. The molecule has 1 fully saturated rings. The summed E-state index contributed by atoms with van der Waals surface area (Å²) >= 11 is 0. The molecule has 1 unspecified atom stereocenters. The smallest absolute Gasteiger partial charge is 0.321 e. The molecule has 128 valence electrons. The maximum atomic E-state index is 12.6. The predicted octanol–water partition coefficient (Wildman–Crippen LogP) is 1.83. The van der Waals surface area contributed by atoms with Gasteiger partial charge in [0.05, 0.1) is 0 Å². The third-order valence-electron chi connectivity index (χ3n) is 4.86. The molecule has 6 nitrogen and oxygen atoms in total. The van der Waals surface area contributed by atoms with E-state index < -0.39 is 0 Å². The molecule has 1 saturated heterocycles. The minimum Gasteiger partial charge on any atom is -0.355 e. The number of hydrogen-bond acceptors (Lipinski definition) is 3. The molecule has 1 atom stereocenters. The highest BCUT2D eigenvalue weighted by Crippen LogP contribution is 2.22. The maximum absolute atomic E-state index is 12.6. The Bertz CT molecular complexity index is 663. The van der Waals surface area contributed by atoms with Crippen molar-refractivity contribution in [1.29, 1.82) is 0 Å². The molecule has 0 saturated carbocycles. The standard InChI is InChI=1S/C18H24N4O2/c1-13-15(17(23)19-2)6-5-7-16(13)20-18(24)22-11-8-14(12-22)21-9-3-4-10-21/h3-7,14H,8-12H2,1-2H3,(H,19,23)(H,20,24). The number of carbonyl (C=O) groups is 2. The Morgan fingerprint density at radius 2 is 1.96 bits per heavy atom. The predicted molar refractivity (Wildman–Crippen MR) is 94.3 cm³/mol. The van der Waals surface area contributed by atoms with Crippen LogP contribution in [0.3, 0.4) is 0 Å². The topological polar surface area (TPSA) is 64.7 Å². The average molecular weight is 328 g/mol. The highest BCUT2D eigenvalue weighted by molar-refractivity contribution is 5.99. The summed E-state index contributed by atoms with van der Waals surface area (Å²) in [4.78, 5) is 28.7. The molecule has 2 aliphatic heterocycles. The zero-order valence-corrected chi connectivity index (χ0v) is 14.2. The second-order valence-electron chi connectivity index (χ2n) is 6.30. The van der Waals surface area contributed by atoms with E-state index in [0.717, 1.165) is 38.2 Å². The van der Waals surface area contributed by atoms with Crippen molar-refractivity contribution in [2.24, 2.45) is 0 Å². The summed E-state index contributed by atoms with van der Waals surface area (Å²) < 4.78 is 0. The van der Waals surface area contributed by atoms with E-state index in [1.54, 1.807) is 19.2 Å². The van der Waals surface area contributed by atoms with Gasteiger partial charge >= 0.3 is 6.03 Å². The summed E-state index contributed by atoms with van der Waals surface area (Å²) in [5.41, 5.74) is 2.05. The van der Waals surface area contributed by atoms with Crippen molar-refractivity contribution in [2.75, 3.05) is 38.5 Å². The number of benzene rings is 1.